The molecule has 4 rings (SSSR count). The molecule has 9 heteroatoms. The van der Waals surface area contributed by atoms with E-state index in [2.05, 4.69) is 14.9 Å². The van der Waals surface area contributed by atoms with Gasteiger partial charge in [0.05, 0.1) is 36.7 Å². The van der Waals surface area contributed by atoms with Gasteiger partial charge in [-0.15, -0.1) is 0 Å². The van der Waals surface area contributed by atoms with Crippen molar-refractivity contribution in [2.24, 2.45) is 0 Å². The van der Waals surface area contributed by atoms with Gasteiger partial charge in [-0.3, -0.25) is 9.88 Å². The molecular weight excluding hydrogens is 453 g/mol. The molecule has 0 aliphatic carbocycles. The summed E-state index contributed by atoms with van der Waals surface area (Å²) >= 11 is 12.1. The summed E-state index contributed by atoms with van der Waals surface area (Å²) in [6, 6.07) is 11.0. The van der Waals surface area contributed by atoms with Gasteiger partial charge >= 0.3 is 0 Å². The maximum atomic E-state index is 6.12. The second-order valence-electron chi connectivity index (χ2n) is 7.33. The SMILES string of the molecule is COc1ccc(Oc2cncc(OC3CCN(Cc4ccc(Cl)c(Cl)c4)C3)n2)cc1OC. The van der Waals surface area contributed by atoms with Crippen molar-refractivity contribution >= 4 is 23.2 Å². The van der Waals surface area contributed by atoms with Crippen molar-refractivity contribution in [3.63, 3.8) is 0 Å². The first-order valence-electron chi connectivity index (χ1n) is 10.1. The highest BCUT2D eigenvalue weighted by Crippen LogP contribution is 2.33. The van der Waals surface area contributed by atoms with Gasteiger partial charge < -0.3 is 18.9 Å². The molecule has 0 amide bonds. The number of nitrogens with zero attached hydrogens (tertiary/aromatic N) is 3. The molecule has 0 saturated carbocycles. The van der Waals surface area contributed by atoms with Crippen LogP contribution in [-0.2, 0) is 6.54 Å². The van der Waals surface area contributed by atoms with E-state index < -0.39 is 0 Å². The lowest BCUT2D eigenvalue weighted by Gasteiger charge is -2.17. The number of hydrogen-bond donors (Lipinski definition) is 0. The molecule has 1 fully saturated rings. The molecule has 0 N–H and O–H groups in total. The molecule has 2 aromatic carbocycles. The van der Waals surface area contributed by atoms with Gasteiger partial charge in [0.25, 0.3) is 0 Å². The average Bonchev–Trinajstić information content (AvgIpc) is 3.23. The monoisotopic (exact) mass is 475 g/mol. The molecule has 1 saturated heterocycles. The lowest BCUT2D eigenvalue weighted by Crippen LogP contribution is -2.24. The predicted molar refractivity (Wildman–Crippen MR) is 122 cm³/mol. The van der Waals surface area contributed by atoms with Crippen molar-refractivity contribution in [1.29, 1.82) is 0 Å². The number of aromatic nitrogens is 2. The van der Waals surface area contributed by atoms with Crippen molar-refractivity contribution in [3.8, 4) is 29.0 Å². The molecule has 1 aliphatic heterocycles. The van der Waals surface area contributed by atoms with Gasteiger partial charge in [0.1, 0.15) is 11.9 Å². The molecular formula is C23H23Cl2N3O4. The zero-order valence-electron chi connectivity index (χ0n) is 17.8. The molecule has 0 bridgehead atoms. The number of hydrogen-bond acceptors (Lipinski definition) is 7. The maximum Gasteiger partial charge on any atom is 0.241 e. The number of benzene rings is 2. The molecule has 0 radical (unpaired) electrons. The third kappa shape index (κ3) is 5.54. The van der Waals surface area contributed by atoms with E-state index in [4.69, 9.17) is 42.1 Å². The van der Waals surface area contributed by atoms with Gasteiger partial charge in [-0.2, -0.15) is 4.98 Å². The minimum atomic E-state index is 0.0170. The van der Waals surface area contributed by atoms with Crippen LogP contribution in [0.25, 0.3) is 0 Å². The Bertz CT molecular complexity index is 1080. The number of methoxy groups -OCH3 is 2. The molecule has 0 spiro atoms. The quantitative estimate of drug-likeness (QED) is 0.440. The standard InChI is InChI=1S/C23H23Cl2N3O4/c1-29-20-6-4-16(10-21(20)30-2)31-22-11-26-12-23(27-22)32-17-7-8-28(14-17)13-15-3-5-18(24)19(25)9-15/h3-6,9-12,17H,7-8,13-14H2,1-2H3. The largest absolute Gasteiger partial charge is 0.493 e. The minimum Gasteiger partial charge on any atom is -0.493 e. The molecule has 32 heavy (non-hydrogen) atoms. The van der Waals surface area contributed by atoms with Crippen LogP contribution in [0.15, 0.2) is 48.8 Å². The number of ether oxygens (including phenoxy) is 4. The van der Waals surface area contributed by atoms with E-state index in [1.165, 1.54) is 6.20 Å². The van der Waals surface area contributed by atoms with Gasteiger partial charge in [-0.25, -0.2) is 0 Å². The first-order chi connectivity index (χ1) is 15.5. The van der Waals surface area contributed by atoms with Gasteiger partial charge in [0.2, 0.25) is 11.8 Å². The zero-order chi connectivity index (χ0) is 22.5. The fourth-order valence-electron chi connectivity index (χ4n) is 3.54. The van der Waals surface area contributed by atoms with E-state index in [1.807, 2.05) is 18.2 Å². The lowest BCUT2D eigenvalue weighted by atomic mass is 10.2. The van der Waals surface area contributed by atoms with E-state index in [1.54, 1.807) is 38.6 Å². The molecule has 2 heterocycles. The van der Waals surface area contributed by atoms with Crippen LogP contribution in [0.1, 0.15) is 12.0 Å². The van der Waals surface area contributed by atoms with E-state index in [0.29, 0.717) is 39.1 Å². The normalized spacial score (nSPS) is 16.1. The van der Waals surface area contributed by atoms with E-state index in [9.17, 15) is 0 Å². The van der Waals surface area contributed by atoms with Gasteiger partial charge in [0, 0.05) is 25.7 Å². The molecule has 1 unspecified atom stereocenters. The Balaban J connectivity index is 1.35. The topological polar surface area (TPSA) is 65.9 Å². The van der Waals surface area contributed by atoms with Gasteiger partial charge in [-0.1, -0.05) is 29.3 Å². The summed E-state index contributed by atoms with van der Waals surface area (Å²) in [5.41, 5.74) is 1.12. The fraction of sp³-hybridized carbons (Fsp3) is 0.304. The Morgan fingerprint density at radius 2 is 1.78 bits per heavy atom. The molecule has 7 nitrogen and oxygen atoms in total. The van der Waals surface area contributed by atoms with E-state index in [0.717, 1.165) is 31.6 Å². The highest BCUT2D eigenvalue weighted by Gasteiger charge is 2.25. The smallest absolute Gasteiger partial charge is 0.241 e. The Labute approximate surface area is 196 Å². The van der Waals surface area contributed by atoms with E-state index in [-0.39, 0.29) is 6.10 Å². The summed E-state index contributed by atoms with van der Waals surface area (Å²) in [6.45, 7) is 2.48. The second-order valence-corrected chi connectivity index (χ2v) is 8.14. The Hall–Kier alpha value is -2.74. The summed E-state index contributed by atoms with van der Waals surface area (Å²) in [7, 11) is 3.15. The van der Waals surface area contributed by atoms with Crippen molar-refractivity contribution in [1.82, 2.24) is 14.9 Å². The van der Waals surface area contributed by atoms with Crippen LogP contribution < -0.4 is 18.9 Å². The summed E-state index contributed by atoms with van der Waals surface area (Å²) < 4.78 is 22.4. The van der Waals surface area contributed by atoms with E-state index >= 15 is 0 Å². The zero-order valence-corrected chi connectivity index (χ0v) is 19.3. The Kier molecular flexibility index (Phi) is 7.19. The van der Waals surface area contributed by atoms with Gasteiger partial charge in [-0.05, 0) is 36.2 Å². The third-order valence-electron chi connectivity index (χ3n) is 5.07. The van der Waals surface area contributed by atoms with Crippen LogP contribution in [-0.4, -0.2) is 48.3 Å². The Morgan fingerprint density at radius 1 is 0.969 bits per heavy atom. The van der Waals surface area contributed by atoms with Gasteiger partial charge in [0.15, 0.2) is 11.5 Å². The highest BCUT2D eigenvalue weighted by atomic mass is 35.5. The average molecular weight is 476 g/mol. The van der Waals surface area contributed by atoms with Crippen molar-refractivity contribution in [2.75, 3.05) is 27.3 Å². The summed E-state index contributed by atoms with van der Waals surface area (Å²) in [5.74, 6) is 2.50. The third-order valence-corrected chi connectivity index (χ3v) is 5.81. The van der Waals surface area contributed by atoms with Crippen LogP contribution in [0.3, 0.4) is 0 Å². The van der Waals surface area contributed by atoms with Crippen molar-refractivity contribution in [3.05, 3.63) is 64.4 Å². The van der Waals surface area contributed by atoms with Crippen molar-refractivity contribution in [2.45, 2.75) is 19.1 Å². The Morgan fingerprint density at radius 3 is 2.56 bits per heavy atom. The number of halogens is 2. The number of likely N-dealkylation sites (tertiary alicyclic amines) is 1. The summed E-state index contributed by atoms with van der Waals surface area (Å²) in [6.07, 6.45) is 4.03. The predicted octanol–water partition coefficient (Wildman–Crippen LogP) is 5.25. The first kappa shape index (κ1) is 22.5. The second kappa shape index (κ2) is 10.3. The van der Waals surface area contributed by atoms with Crippen LogP contribution in [0, 0.1) is 0 Å². The molecule has 3 aromatic rings. The molecule has 1 aliphatic rings. The highest BCUT2D eigenvalue weighted by molar-refractivity contribution is 6.42. The van der Waals surface area contributed by atoms with Crippen LogP contribution in [0.4, 0.5) is 0 Å². The van der Waals surface area contributed by atoms with Crippen molar-refractivity contribution < 1.29 is 18.9 Å². The molecule has 1 atom stereocenters. The molecule has 1 aromatic heterocycles. The fourth-order valence-corrected chi connectivity index (χ4v) is 3.86. The van der Waals surface area contributed by atoms with Crippen LogP contribution >= 0.6 is 23.2 Å². The van der Waals surface area contributed by atoms with Crippen LogP contribution in [0.5, 0.6) is 29.0 Å². The summed E-state index contributed by atoms with van der Waals surface area (Å²) in [5, 5.41) is 1.13. The number of rotatable bonds is 8. The lowest BCUT2D eigenvalue weighted by molar-refractivity contribution is 0.189. The first-order valence-corrected chi connectivity index (χ1v) is 10.8. The minimum absolute atomic E-state index is 0.0170. The maximum absolute atomic E-state index is 6.12. The van der Waals surface area contributed by atoms with Crippen LogP contribution in [0.2, 0.25) is 10.0 Å². The summed E-state index contributed by atoms with van der Waals surface area (Å²) in [4.78, 5) is 10.9. The molecule has 168 valence electrons.